The van der Waals surface area contributed by atoms with E-state index in [1.165, 1.54) is 12.1 Å². The van der Waals surface area contributed by atoms with E-state index in [1.807, 2.05) is 18.2 Å². The number of fused-ring (bicyclic) bond motifs is 2. The van der Waals surface area contributed by atoms with E-state index in [9.17, 15) is 13.5 Å². The molecule has 4 aromatic rings. The summed E-state index contributed by atoms with van der Waals surface area (Å²) in [6.45, 7) is 0. The molecule has 1 aromatic heterocycles. The Morgan fingerprint density at radius 1 is 0.880 bits per heavy atom. The van der Waals surface area contributed by atoms with E-state index in [-0.39, 0.29) is 10.6 Å². The Morgan fingerprint density at radius 3 is 2.52 bits per heavy atom. The van der Waals surface area contributed by atoms with Crippen LogP contribution in [0.4, 0.5) is 5.69 Å². The summed E-state index contributed by atoms with van der Waals surface area (Å²) in [6.07, 6.45) is 1.57. The molecule has 0 unspecified atom stereocenters. The van der Waals surface area contributed by atoms with Crippen molar-refractivity contribution < 1.29 is 13.5 Å². The second kappa shape index (κ2) is 5.75. The minimum Gasteiger partial charge on any atom is -0.508 e. The number of rotatable bonds is 3. The number of phenols is 1. The van der Waals surface area contributed by atoms with Gasteiger partial charge in [-0.05, 0) is 35.7 Å². The van der Waals surface area contributed by atoms with Gasteiger partial charge in [0.15, 0.2) is 0 Å². The van der Waals surface area contributed by atoms with Gasteiger partial charge in [0.1, 0.15) is 10.6 Å². The van der Waals surface area contributed by atoms with E-state index in [0.29, 0.717) is 16.6 Å². The highest BCUT2D eigenvalue weighted by Gasteiger charge is 2.19. The summed E-state index contributed by atoms with van der Waals surface area (Å²) in [4.78, 5) is 4.32. The monoisotopic (exact) mass is 350 g/mol. The van der Waals surface area contributed by atoms with Crippen molar-refractivity contribution in [2.75, 3.05) is 4.72 Å². The third kappa shape index (κ3) is 2.77. The van der Waals surface area contributed by atoms with Crippen LogP contribution in [-0.2, 0) is 10.0 Å². The van der Waals surface area contributed by atoms with Crippen molar-refractivity contribution in [1.29, 1.82) is 0 Å². The molecule has 0 saturated heterocycles. The molecule has 3 aromatic carbocycles. The smallest absolute Gasteiger partial charge is 0.264 e. The summed E-state index contributed by atoms with van der Waals surface area (Å²) in [5.74, 6) is 0.0750. The maximum atomic E-state index is 12.9. The number of sulfonamides is 1. The predicted molar refractivity (Wildman–Crippen MR) is 98.2 cm³/mol. The summed E-state index contributed by atoms with van der Waals surface area (Å²) in [5, 5.41) is 11.9. The van der Waals surface area contributed by atoms with Gasteiger partial charge in [0.05, 0.1) is 11.2 Å². The molecule has 0 bridgehead atoms. The number of phenolic OH excluding ortho intramolecular Hbond substituents is 1. The Labute approximate surface area is 144 Å². The zero-order valence-corrected chi connectivity index (χ0v) is 13.9. The molecule has 0 aliphatic carbocycles. The van der Waals surface area contributed by atoms with E-state index < -0.39 is 10.0 Å². The van der Waals surface area contributed by atoms with Crippen molar-refractivity contribution in [3.05, 3.63) is 72.9 Å². The van der Waals surface area contributed by atoms with E-state index in [4.69, 9.17) is 0 Å². The second-order valence-corrected chi connectivity index (χ2v) is 7.30. The van der Waals surface area contributed by atoms with Crippen LogP contribution in [0.2, 0.25) is 0 Å². The highest BCUT2D eigenvalue weighted by Crippen LogP contribution is 2.30. The van der Waals surface area contributed by atoms with Gasteiger partial charge in [-0.3, -0.25) is 9.71 Å². The number of aromatic hydroxyl groups is 1. The fourth-order valence-electron chi connectivity index (χ4n) is 2.84. The summed E-state index contributed by atoms with van der Waals surface area (Å²) in [6, 6.07) is 18.7. The molecule has 0 atom stereocenters. The van der Waals surface area contributed by atoms with Gasteiger partial charge >= 0.3 is 0 Å². The number of hydrogen-bond acceptors (Lipinski definition) is 4. The molecule has 2 N–H and O–H groups in total. The van der Waals surface area contributed by atoms with Crippen molar-refractivity contribution in [1.82, 2.24) is 4.98 Å². The lowest BCUT2D eigenvalue weighted by molar-refractivity contribution is 0.476. The first-order valence-electron chi connectivity index (χ1n) is 7.63. The molecule has 0 spiro atoms. The van der Waals surface area contributed by atoms with Crippen molar-refractivity contribution in [3.8, 4) is 5.75 Å². The van der Waals surface area contributed by atoms with E-state index in [1.54, 1.807) is 42.6 Å². The Bertz CT molecular complexity index is 1200. The van der Waals surface area contributed by atoms with Crippen LogP contribution in [0.15, 0.2) is 77.8 Å². The number of para-hydroxylation sites is 1. The first-order valence-corrected chi connectivity index (χ1v) is 9.11. The quantitative estimate of drug-likeness (QED) is 0.587. The Hall–Kier alpha value is -3.12. The zero-order valence-electron chi connectivity index (χ0n) is 13.0. The molecule has 124 valence electrons. The number of pyridine rings is 1. The van der Waals surface area contributed by atoms with E-state index >= 15 is 0 Å². The lowest BCUT2D eigenvalue weighted by atomic mass is 10.1. The molecule has 4 rings (SSSR count). The van der Waals surface area contributed by atoms with Gasteiger partial charge in [-0.2, -0.15) is 0 Å². The summed E-state index contributed by atoms with van der Waals surface area (Å²) < 4.78 is 28.5. The van der Waals surface area contributed by atoms with Crippen LogP contribution in [-0.4, -0.2) is 18.5 Å². The minimum atomic E-state index is -3.84. The van der Waals surface area contributed by atoms with Crippen LogP contribution in [0.25, 0.3) is 21.7 Å². The van der Waals surface area contributed by atoms with E-state index in [2.05, 4.69) is 9.71 Å². The van der Waals surface area contributed by atoms with Gasteiger partial charge in [0, 0.05) is 17.0 Å². The van der Waals surface area contributed by atoms with Gasteiger partial charge in [0.25, 0.3) is 10.0 Å². The highest BCUT2D eigenvalue weighted by atomic mass is 32.2. The molecule has 1 heterocycles. The molecular formula is C19H14N2O3S. The number of anilines is 1. The van der Waals surface area contributed by atoms with Crippen molar-refractivity contribution in [2.24, 2.45) is 0 Å². The first-order chi connectivity index (χ1) is 12.0. The average Bonchev–Trinajstić information content (AvgIpc) is 2.61. The summed E-state index contributed by atoms with van der Waals surface area (Å²) in [7, 11) is -3.84. The molecule has 0 radical (unpaired) electrons. The maximum absolute atomic E-state index is 12.9. The SMILES string of the molecule is O=S(=O)(Nc1cccc2ccc(O)cc12)c1cccc2cccnc12. The molecule has 0 aliphatic heterocycles. The van der Waals surface area contributed by atoms with Gasteiger partial charge < -0.3 is 5.11 Å². The van der Waals surface area contributed by atoms with E-state index in [0.717, 1.165) is 10.8 Å². The van der Waals surface area contributed by atoms with Crippen LogP contribution in [0.5, 0.6) is 5.75 Å². The number of benzene rings is 3. The van der Waals surface area contributed by atoms with Gasteiger partial charge in [-0.1, -0.05) is 36.4 Å². The maximum Gasteiger partial charge on any atom is 0.264 e. The predicted octanol–water partition coefficient (Wildman–Crippen LogP) is 3.89. The molecule has 0 saturated carbocycles. The largest absolute Gasteiger partial charge is 0.508 e. The molecule has 6 heteroatoms. The number of nitrogens with one attached hydrogen (secondary N) is 1. The lowest BCUT2D eigenvalue weighted by Crippen LogP contribution is -2.14. The number of hydrogen-bond donors (Lipinski definition) is 2. The van der Waals surface area contributed by atoms with Gasteiger partial charge in [-0.15, -0.1) is 0 Å². The molecule has 5 nitrogen and oxygen atoms in total. The van der Waals surface area contributed by atoms with Gasteiger partial charge in [0.2, 0.25) is 0 Å². The van der Waals surface area contributed by atoms with Crippen LogP contribution in [0.3, 0.4) is 0 Å². The molecule has 25 heavy (non-hydrogen) atoms. The summed E-state index contributed by atoms with van der Waals surface area (Å²) >= 11 is 0. The molecule has 0 amide bonds. The third-order valence-corrected chi connectivity index (χ3v) is 5.39. The topological polar surface area (TPSA) is 79.3 Å². The van der Waals surface area contributed by atoms with Crippen LogP contribution >= 0.6 is 0 Å². The number of aromatic nitrogens is 1. The Balaban J connectivity index is 1.86. The molecule has 0 aliphatic rings. The number of nitrogens with zero attached hydrogens (tertiary/aromatic N) is 1. The second-order valence-electron chi connectivity index (χ2n) is 5.65. The average molecular weight is 350 g/mol. The highest BCUT2D eigenvalue weighted by molar-refractivity contribution is 7.93. The minimum absolute atomic E-state index is 0.0750. The van der Waals surface area contributed by atoms with Gasteiger partial charge in [-0.25, -0.2) is 8.42 Å². The Kier molecular flexibility index (Phi) is 3.54. The van der Waals surface area contributed by atoms with Crippen LogP contribution in [0.1, 0.15) is 0 Å². The normalized spacial score (nSPS) is 11.7. The standard InChI is InChI=1S/C19H14N2O3S/c22-15-10-9-13-4-1-7-17(16(13)12-15)21-25(23,24)18-8-2-5-14-6-3-11-20-19(14)18/h1-12,21-22H. The first kappa shape index (κ1) is 15.4. The van der Waals surface area contributed by atoms with Crippen LogP contribution in [0, 0.1) is 0 Å². The molecular weight excluding hydrogens is 336 g/mol. The van der Waals surface area contributed by atoms with Crippen molar-refractivity contribution in [3.63, 3.8) is 0 Å². The lowest BCUT2D eigenvalue weighted by Gasteiger charge is -2.12. The van der Waals surface area contributed by atoms with Crippen molar-refractivity contribution in [2.45, 2.75) is 4.90 Å². The molecule has 0 fully saturated rings. The summed E-state index contributed by atoms with van der Waals surface area (Å²) in [5.41, 5.74) is 0.821. The zero-order chi connectivity index (χ0) is 17.4. The fraction of sp³-hybridized carbons (Fsp3) is 0. The fourth-order valence-corrected chi connectivity index (χ4v) is 4.10. The van der Waals surface area contributed by atoms with Crippen LogP contribution < -0.4 is 4.72 Å². The third-order valence-electron chi connectivity index (χ3n) is 4.00. The van der Waals surface area contributed by atoms with Crippen molar-refractivity contribution >= 4 is 37.4 Å². The Morgan fingerprint density at radius 2 is 1.64 bits per heavy atom.